The Kier molecular flexibility index (Phi) is 4.22. The van der Waals surface area contributed by atoms with Crippen molar-refractivity contribution in [3.8, 4) is 40.8 Å². The second kappa shape index (κ2) is 6.63. The van der Waals surface area contributed by atoms with Gasteiger partial charge in [0.1, 0.15) is 22.7 Å². The summed E-state index contributed by atoms with van der Waals surface area (Å²) in [5.74, 6) is 1.57. The average Bonchev–Trinajstić information content (AvgIpc) is 3.49. The molecule has 0 aromatic carbocycles. The topological polar surface area (TPSA) is 52.6 Å². The van der Waals surface area contributed by atoms with Crippen molar-refractivity contribution in [1.82, 2.24) is 0 Å². The van der Waals surface area contributed by atoms with Crippen LogP contribution < -0.4 is 9.47 Å². The van der Waals surface area contributed by atoms with E-state index in [0.717, 1.165) is 45.0 Å². The molecule has 2 aliphatic rings. The van der Waals surface area contributed by atoms with E-state index in [9.17, 15) is 9.59 Å². The van der Waals surface area contributed by atoms with Crippen molar-refractivity contribution >= 4 is 57.9 Å². The van der Waals surface area contributed by atoms with Crippen LogP contribution in [0.3, 0.4) is 0 Å². The van der Waals surface area contributed by atoms with Gasteiger partial charge in [0, 0.05) is 33.0 Å². The van der Waals surface area contributed by atoms with E-state index in [4.69, 9.17) is 9.47 Å². The zero-order valence-electron chi connectivity index (χ0n) is 17.7. The van der Waals surface area contributed by atoms with Gasteiger partial charge in [-0.2, -0.15) is 0 Å². The molecule has 0 atom stereocenters. The van der Waals surface area contributed by atoms with Crippen LogP contribution in [0, 0.1) is 0 Å². The Morgan fingerprint density at radius 1 is 0.625 bits per heavy atom. The fourth-order valence-corrected chi connectivity index (χ4v) is 9.07. The summed E-state index contributed by atoms with van der Waals surface area (Å²) in [6.07, 6.45) is 1.77. The number of thiophene rings is 4. The highest BCUT2D eigenvalue weighted by Crippen LogP contribution is 2.57. The maximum absolute atomic E-state index is 11.3. The Hall–Kier alpha value is -2.26. The van der Waals surface area contributed by atoms with Crippen LogP contribution >= 0.6 is 45.3 Å². The lowest BCUT2D eigenvalue weighted by atomic mass is 9.94. The molecule has 0 radical (unpaired) electrons. The van der Waals surface area contributed by atoms with Gasteiger partial charge in [-0.05, 0) is 39.8 Å². The first-order valence-electron chi connectivity index (χ1n) is 10.1. The minimum Gasteiger partial charge on any atom is -0.482 e. The second-order valence-electron chi connectivity index (χ2n) is 8.85. The Morgan fingerprint density at radius 3 is 1.41 bits per heavy atom. The number of aldehydes is 2. The molecule has 4 nitrogen and oxygen atoms in total. The summed E-state index contributed by atoms with van der Waals surface area (Å²) >= 11 is 6.45. The molecule has 0 amide bonds. The summed E-state index contributed by atoms with van der Waals surface area (Å²) in [5, 5.41) is 0. The van der Waals surface area contributed by atoms with Crippen molar-refractivity contribution in [1.29, 1.82) is 0 Å². The van der Waals surface area contributed by atoms with Gasteiger partial charge >= 0.3 is 0 Å². The monoisotopic (exact) mass is 498 g/mol. The van der Waals surface area contributed by atoms with Crippen LogP contribution in [0.1, 0.15) is 58.2 Å². The Balaban J connectivity index is 1.52. The number of hydrogen-bond acceptors (Lipinski definition) is 8. The standard InChI is InChI=1S/C24H18O4S4/c1-23(2)13-7-17(31-19(13)21-15(27-23)5-11(9-25)29-21)18-8-14-20(32-18)22-16(28-24(14,3)4)6-12(10-26)30-22/h5-10H,1-4H3. The molecular formula is C24H18O4S4. The molecule has 2 aliphatic heterocycles. The molecule has 0 bridgehead atoms. The summed E-state index contributed by atoms with van der Waals surface area (Å²) in [7, 11) is 0. The Bertz CT molecular complexity index is 1320. The number of carbonyl (C=O) groups excluding carboxylic acids is 2. The normalized spacial score (nSPS) is 16.8. The first kappa shape index (κ1) is 20.4. The van der Waals surface area contributed by atoms with Crippen LogP contribution in [0.2, 0.25) is 0 Å². The van der Waals surface area contributed by atoms with Crippen LogP contribution in [0.4, 0.5) is 0 Å². The van der Waals surface area contributed by atoms with Crippen LogP contribution in [-0.4, -0.2) is 12.6 Å². The predicted octanol–water partition coefficient (Wildman–Crippen LogP) is 7.81. The number of rotatable bonds is 3. The zero-order chi connectivity index (χ0) is 22.4. The number of fused-ring (bicyclic) bond motifs is 6. The maximum atomic E-state index is 11.3. The van der Waals surface area contributed by atoms with E-state index in [1.54, 1.807) is 22.7 Å². The molecule has 4 aromatic rings. The fraction of sp³-hybridized carbons (Fsp3) is 0.250. The first-order valence-corrected chi connectivity index (χ1v) is 13.3. The van der Waals surface area contributed by atoms with Crippen molar-refractivity contribution in [3.63, 3.8) is 0 Å². The molecule has 162 valence electrons. The molecule has 0 saturated carbocycles. The second-order valence-corrected chi connectivity index (χ2v) is 13.1. The van der Waals surface area contributed by atoms with Crippen molar-refractivity contribution in [2.24, 2.45) is 0 Å². The molecule has 4 aromatic heterocycles. The lowest BCUT2D eigenvalue weighted by Gasteiger charge is -2.31. The van der Waals surface area contributed by atoms with Crippen LogP contribution in [0.25, 0.3) is 29.3 Å². The number of hydrogen-bond donors (Lipinski definition) is 0. The van der Waals surface area contributed by atoms with Crippen LogP contribution in [0.5, 0.6) is 11.5 Å². The molecule has 0 unspecified atom stereocenters. The zero-order valence-corrected chi connectivity index (χ0v) is 21.0. The fourth-order valence-electron chi connectivity index (χ4n) is 4.29. The van der Waals surface area contributed by atoms with E-state index in [0.29, 0.717) is 9.75 Å². The highest BCUT2D eigenvalue weighted by Gasteiger charge is 2.39. The largest absolute Gasteiger partial charge is 0.482 e. The molecule has 0 N–H and O–H groups in total. The van der Waals surface area contributed by atoms with Crippen LogP contribution in [-0.2, 0) is 11.2 Å². The Morgan fingerprint density at radius 2 is 1.03 bits per heavy atom. The molecule has 6 heterocycles. The first-order chi connectivity index (χ1) is 15.2. The summed E-state index contributed by atoms with van der Waals surface area (Å²) in [4.78, 5) is 30.8. The molecule has 0 spiro atoms. The third-order valence-electron chi connectivity index (χ3n) is 5.81. The van der Waals surface area contributed by atoms with Gasteiger partial charge in [0.25, 0.3) is 0 Å². The van der Waals surface area contributed by atoms with E-state index < -0.39 is 11.2 Å². The SMILES string of the molecule is CC1(C)Oc2cc(C=O)sc2-c2sc(-c3cc4c(s3)-c3sc(C=O)cc3OC4(C)C)cc21. The molecule has 32 heavy (non-hydrogen) atoms. The summed E-state index contributed by atoms with van der Waals surface area (Å²) in [5.41, 5.74) is 1.34. The van der Waals surface area contributed by atoms with Gasteiger partial charge in [0.2, 0.25) is 0 Å². The summed E-state index contributed by atoms with van der Waals surface area (Å²) in [6.45, 7) is 8.27. The van der Waals surface area contributed by atoms with Crippen LogP contribution in [0.15, 0.2) is 24.3 Å². The van der Waals surface area contributed by atoms with Gasteiger partial charge < -0.3 is 9.47 Å². The van der Waals surface area contributed by atoms with Crippen molar-refractivity contribution in [2.45, 2.75) is 38.9 Å². The third kappa shape index (κ3) is 2.83. The van der Waals surface area contributed by atoms with Gasteiger partial charge in [-0.25, -0.2) is 0 Å². The van der Waals surface area contributed by atoms with Crippen molar-refractivity contribution in [2.75, 3.05) is 0 Å². The van der Waals surface area contributed by atoms with Gasteiger partial charge in [0.15, 0.2) is 12.6 Å². The smallest absolute Gasteiger partial charge is 0.160 e. The lowest BCUT2D eigenvalue weighted by molar-refractivity contribution is 0.106. The maximum Gasteiger partial charge on any atom is 0.160 e. The van der Waals surface area contributed by atoms with E-state index in [1.165, 1.54) is 42.2 Å². The summed E-state index contributed by atoms with van der Waals surface area (Å²) < 4.78 is 12.5. The number of ether oxygens (including phenoxy) is 2. The third-order valence-corrected chi connectivity index (χ3v) is 10.7. The molecule has 8 heteroatoms. The average molecular weight is 499 g/mol. The van der Waals surface area contributed by atoms with E-state index in [2.05, 4.69) is 39.8 Å². The van der Waals surface area contributed by atoms with Gasteiger partial charge in [-0.3, -0.25) is 9.59 Å². The molecule has 0 fully saturated rings. The molecule has 0 aliphatic carbocycles. The quantitative estimate of drug-likeness (QED) is 0.270. The van der Waals surface area contributed by atoms with Gasteiger partial charge in [0.05, 0.1) is 29.3 Å². The number of carbonyl (C=O) groups is 2. The van der Waals surface area contributed by atoms with Gasteiger partial charge in [-0.15, -0.1) is 45.3 Å². The Labute approximate surface area is 201 Å². The molecule has 6 rings (SSSR count). The minimum absolute atomic E-state index is 0.475. The van der Waals surface area contributed by atoms with E-state index in [1.807, 2.05) is 12.1 Å². The van der Waals surface area contributed by atoms with Crippen molar-refractivity contribution < 1.29 is 19.1 Å². The summed E-state index contributed by atoms with van der Waals surface area (Å²) in [6, 6.07) is 8.12. The minimum atomic E-state index is -0.475. The van der Waals surface area contributed by atoms with E-state index in [-0.39, 0.29) is 0 Å². The molecular weight excluding hydrogens is 481 g/mol. The van der Waals surface area contributed by atoms with Gasteiger partial charge in [-0.1, -0.05) is 0 Å². The van der Waals surface area contributed by atoms with Crippen molar-refractivity contribution in [3.05, 3.63) is 45.1 Å². The van der Waals surface area contributed by atoms with E-state index >= 15 is 0 Å². The highest BCUT2D eigenvalue weighted by molar-refractivity contribution is 7.29. The lowest BCUT2D eigenvalue weighted by Crippen LogP contribution is -2.27. The highest BCUT2D eigenvalue weighted by atomic mass is 32.1. The predicted molar refractivity (Wildman–Crippen MR) is 132 cm³/mol. The molecule has 0 saturated heterocycles.